The molecule has 0 unspecified atom stereocenters. The Labute approximate surface area is 186 Å². The molecule has 0 radical (unpaired) electrons. The molecule has 3 N–H and O–H groups in total. The summed E-state index contributed by atoms with van der Waals surface area (Å²) in [5.41, 5.74) is 7.94. The molecule has 0 saturated heterocycles. The number of nitrogens with zero attached hydrogens (tertiary/aromatic N) is 2. The van der Waals surface area contributed by atoms with Crippen LogP contribution in [0.1, 0.15) is 41.6 Å². The smallest absolute Gasteiger partial charge is 0.266 e. The first-order chi connectivity index (χ1) is 14.8. The summed E-state index contributed by atoms with van der Waals surface area (Å²) in [5, 5.41) is 3.65. The number of hydrogen-bond donors (Lipinski definition) is 2. The zero-order valence-electron chi connectivity index (χ0n) is 17.2. The summed E-state index contributed by atoms with van der Waals surface area (Å²) in [5.74, 6) is -0.978. The summed E-state index contributed by atoms with van der Waals surface area (Å²) in [6, 6.07) is 9.63. The lowest BCUT2D eigenvalue weighted by Gasteiger charge is -2.06. The second-order valence-electron chi connectivity index (χ2n) is 7.21. The van der Waals surface area contributed by atoms with Gasteiger partial charge in [-0.25, -0.2) is 4.98 Å². The van der Waals surface area contributed by atoms with Gasteiger partial charge in [0.25, 0.3) is 17.4 Å². The van der Waals surface area contributed by atoms with Gasteiger partial charge in [-0.05, 0) is 37.5 Å². The zero-order valence-corrected chi connectivity index (χ0v) is 18.8. The van der Waals surface area contributed by atoms with Crippen LogP contribution in [-0.4, -0.2) is 21.4 Å². The summed E-state index contributed by atoms with van der Waals surface area (Å²) < 4.78 is 1.54. The van der Waals surface area contributed by atoms with Crippen molar-refractivity contribution in [1.82, 2.24) is 9.55 Å². The number of anilines is 1. The van der Waals surface area contributed by atoms with Gasteiger partial charge in [0.1, 0.15) is 9.83 Å². The zero-order chi connectivity index (χ0) is 22.3. The highest BCUT2D eigenvalue weighted by Crippen LogP contribution is 2.34. The van der Waals surface area contributed by atoms with Crippen LogP contribution in [0.25, 0.3) is 10.2 Å². The maximum absolute atomic E-state index is 13.1. The summed E-state index contributed by atoms with van der Waals surface area (Å²) in [6.07, 6.45) is 1.51. The third kappa shape index (κ3) is 3.77. The van der Waals surface area contributed by atoms with Crippen molar-refractivity contribution in [2.75, 3.05) is 5.32 Å². The van der Waals surface area contributed by atoms with Crippen LogP contribution in [0.4, 0.5) is 5.00 Å². The van der Waals surface area contributed by atoms with Gasteiger partial charge in [0.15, 0.2) is 0 Å². The molecule has 0 aliphatic carbocycles. The van der Waals surface area contributed by atoms with E-state index in [-0.39, 0.29) is 5.56 Å². The number of amides is 2. The SMILES string of the molecule is Cc1sc(NC(=O)c2sc3ncn(Cc4ccccc4)c(=O)c3c2C)c(C(N)=O)c1C. The van der Waals surface area contributed by atoms with Crippen LogP contribution in [0, 0.1) is 20.8 Å². The Morgan fingerprint density at radius 3 is 2.48 bits per heavy atom. The normalized spacial score (nSPS) is 11.1. The number of aromatic nitrogens is 2. The lowest BCUT2D eigenvalue weighted by atomic mass is 10.1. The Bertz CT molecular complexity index is 1380. The molecule has 0 atom stereocenters. The van der Waals surface area contributed by atoms with E-state index >= 15 is 0 Å². The summed E-state index contributed by atoms with van der Waals surface area (Å²) in [4.78, 5) is 44.1. The van der Waals surface area contributed by atoms with Gasteiger partial charge in [-0.2, -0.15) is 0 Å². The maximum atomic E-state index is 13.1. The molecule has 158 valence electrons. The van der Waals surface area contributed by atoms with Crippen LogP contribution in [-0.2, 0) is 6.54 Å². The molecule has 4 rings (SSSR count). The quantitative estimate of drug-likeness (QED) is 0.480. The van der Waals surface area contributed by atoms with Crippen molar-refractivity contribution in [2.45, 2.75) is 27.3 Å². The van der Waals surface area contributed by atoms with Crippen LogP contribution in [0.2, 0.25) is 0 Å². The van der Waals surface area contributed by atoms with Crippen LogP contribution in [0.5, 0.6) is 0 Å². The number of fused-ring (bicyclic) bond motifs is 1. The number of rotatable bonds is 5. The van der Waals surface area contributed by atoms with E-state index in [9.17, 15) is 14.4 Å². The first-order valence-corrected chi connectivity index (χ1v) is 11.1. The van der Waals surface area contributed by atoms with E-state index in [0.717, 1.165) is 27.3 Å². The molecular formula is C22H20N4O3S2. The molecule has 0 aliphatic rings. The molecule has 4 aromatic rings. The molecule has 9 heteroatoms. The van der Waals surface area contributed by atoms with Crippen molar-refractivity contribution in [3.05, 3.63) is 79.0 Å². The molecule has 0 bridgehead atoms. The molecule has 0 saturated carbocycles. The largest absolute Gasteiger partial charge is 0.365 e. The first kappa shape index (κ1) is 21.0. The van der Waals surface area contributed by atoms with E-state index in [2.05, 4.69) is 10.3 Å². The van der Waals surface area contributed by atoms with Gasteiger partial charge < -0.3 is 11.1 Å². The average molecular weight is 453 g/mol. The molecule has 2 amide bonds. The third-order valence-electron chi connectivity index (χ3n) is 5.18. The number of thiophene rings is 2. The molecule has 3 heterocycles. The topological polar surface area (TPSA) is 107 Å². The number of hydrogen-bond acceptors (Lipinski definition) is 6. The Kier molecular flexibility index (Phi) is 5.47. The lowest BCUT2D eigenvalue weighted by Crippen LogP contribution is -2.21. The average Bonchev–Trinajstić information content (AvgIpc) is 3.21. The predicted octanol–water partition coefficient (Wildman–Crippen LogP) is 3.84. The fourth-order valence-corrected chi connectivity index (χ4v) is 5.54. The minimum absolute atomic E-state index is 0.192. The van der Waals surface area contributed by atoms with Gasteiger partial charge in [0, 0.05) is 4.88 Å². The van der Waals surface area contributed by atoms with Crippen LogP contribution < -0.4 is 16.6 Å². The monoisotopic (exact) mass is 452 g/mol. The van der Waals surface area contributed by atoms with E-state index in [1.165, 1.54) is 22.2 Å². The molecule has 7 nitrogen and oxygen atoms in total. The molecular weight excluding hydrogens is 432 g/mol. The minimum atomic E-state index is -0.587. The molecule has 31 heavy (non-hydrogen) atoms. The fourth-order valence-electron chi connectivity index (χ4n) is 3.44. The van der Waals surface area contributed by atoms with Gasteiger partial charge in [0.2, 0.25) is 0 Å². The molecule has 0 aliphatic heterocycles. The van der Waals surface area contributed by atoms with Crippen LogP contribution in [0.3, 0.4) is 0 Å². The number of primary amides is 1. The summed E-state index contributed by atoms with van der Waals surface area (Å²) in [6.45, 7) is 5.80. The Hall–Kier alpha value is -3.30. The summed E-state index contributed by atoms with van der Waals surface area (Å²) >= 11 is 2.46. The Morgan fingerprint density at radius 2 is 1.81 bits per heavy atom. The number of carbonyl (C=O) groups is 2. The van der Waals surface area contributed by atoms with Crippen molar-refractivity contribution in [2.24, 2.45) is 5.73 Å². The second kappa shape index (κ2) is 8.09. The van der Waals surface area contributed by atoms with E-state index < -0.39 is 11.8 Å². The second-order valence-corrected chi connectivity index (χ2v) is 9.43. The third-order valence-corrected chi connectivity index (χ3v) is 7.50. The number of nitrogens with two attached hydrogens (primary N) is 1. The maximum Gasteiger partial charge on any atom is 0.266 e. The van der Waals surface area contributed by atoms with Gasteiger partial charge >= 0.3 is 0 Å². The Balaban J connectivity index is 1.71. The molecule has 3 aromatic heterocycles. The van der Waals surface area contributed by atoms with Gasteiger partial charge in [-0.1, -0.05) is 30.3 Å². The van der Waals surface area contributed by atoms with Gasteiger partial charge in [-0.15, -0.1) is 22.7 Å². The van der Waals surface area contributed by atoms with E-state index in [4.69, 9.17) is 5.73 Å². The number of carbonyl (C=O) groups excluding carboxylic acids is 2. The Morgan fingerprint density at radius 1 is 1.10 bits per heavy atom. The number of nitrogens with one attached hydrogen (secondary N) is 1. The highest BCUT2D eigenvalue weighted by Gasteiger charge is 2.23. The van der Waals surface area contributed by atoms with Crippen molar-refractivity contribution in [3.63, 3.8) is 0 Å². The highest BCUT2D eigenvalue weighted by atomic mass is 32.1. The van der Waals surface area contributed by atoms with Crippen molar-refractivity contribution >= 4 is 49.7 Å². The number of benzene rings is 1. The number of aryl methyl sites for hydroxylation is 2. The predicted molar refractivity (Wildman–Crippen MR) is 124 cm³/mol. The minimum Gasteiger partial charge on any atom is -0.365 e. The van der Waals surface area contributed by atoms with E-state index in [1.54, 1.807) is 13.8 Å². The summed E-state index contributed by atoms with van der Waals surface area (Å²) in [7, 11) is 0. The van der Waals surface area contributed by atoms with Gasteiger partial charge in [0.05, 0.1) is 28.7 Å². The highest BCUT2D eigenvalue weighted by molar-refractivity contribution is 7.21. The standard InChI is InChI=1S/C22H20N4O3S2/c1-11-13(3)30-21(15(11)18(23)27)25-19(28)17-12(2)16-20(31-17)24-10-26(22(16)29)9-14-7-5-4-6-8-14/h4-8,10H,9H2,1-3H3,(H2,23,27)(H,25,28). The van der Waals surface area contributed by atoms with E-state index in [0.29, 0.717) is 37.8 Å². The van der Waals surface area contributed by atoms with Crippen molar-refractivity contribution in [3.8, 4) is 0 Å². The van der Waals surface area contributed by atoms with Crippen molar-refractivity contribution < 1.29 is 9.59 Å². The van der Waals surface area contributed by atoms with Gasteiger partial charge in [-0.3, -0.25) is 19.0 Å². The lowest BCUT2D eigenvalue weighted by molar-refractivity contribution is 0.100. The van der Waals surface area contributed by atoms with Crippen LogP contribution in [0.15, 0.2) is 41.5 Å². The van der Waals surface area contributed by atoms with Crippen LogP contribution >= 0.6 is 22.7 Å². The van der Waals surface area contributed by atoms with E-state index in [1.807, 2.05) is 37.3 Å². The van der Waals surface area contributed by atoms with Crippen molar-refractivity contribution in [1.29, 1.82) is 0 Å². The fraction of sp³-hybridized carbons (Fsp3) is 0.182. The molecule has 1 aromatic carbocycles. The molecule has 0 fully saturated rings. The molecule has 0 spiro atoms. The first-order valence-electron chi connectivity index (χ1n) is 9.51.